The van der Waals surface area contributed by atoms with E-state index in [0.29, 0.717) is 30.0 Å². The fourth-order valence-corrected chi connectivity index (χ4v) is 7.09. The van der Waals surface area contributed by atoms with E-state index in [4.69, 9.17) is 15.7 Å². The lowest BCUT2D eigenvalue weighted by atomic mass is 9.92. The molecule has 2 unspecified atom stereocenters. The molecule has 6 rings (SSSR count). The molecule has 4 aromatic rings. The summed E-state index contributed by atoms with van der Waals surface area (Å²) in [6.07, 6.45) is -2.20. The number of thiophene rings is 1. The molecule has 46 heavy (non-hydrogen) atoms. The molecular formula is C31H29F6N7OS. The summed E-state index contributed by atoms with van der Waals surface area (Å²) in [6, 6.07) is 6.63. The molecule has 0 aliphatic carbocycles. The van der Waals surface area contributed by atoms with Gasteiger partial charge in [-0.3, -0.25) is 4.90 Å². The van der Waals surface area contributed by atoms with Crippen LogP contribution in [-0.4, -0.2) is 60.4 Å². The Morgan fingerprint density at radius 3 is 2.61 bits per heavy atom. The molecule has 2 aromatic heterocycles. The van der Waals surface area contributed by atoms with E-state index >= 15 is 4.39 Å². The van der Waals surface area contributed by atoms with Crippen molar-refractivity contribution in [1.82, 2.24) is 14.9 Å². The maximum atomic E-state index is 16.2. The molecule has 15 heteroatoms. The standard InChI is InChI=1S/C24H17F5N6OS.C7H12FN/c1-3-35(8-4-7-30)22-12-9-14(24(27,28)29)17(18(26)19(12)33-23(34-22)36-2)11-5-6-15(25)20-16(11)13(10-31)21(32)37-20;8-6-4-7-2-1-3-9(7)5-6/h5-6,9H,3-4,8,32H2,1-2H3;6-7H,1-5H2. The van der Waals surface area contributed by atoms with E-state index in [2.05, 4.69) is 14.9 Å². The predicted octanol–water partition coefficient (Wildman–Crippen LogP) is 7.20. The third kappa shape index (κ3) is 6.09. The third-order valence-electron chi connectivity index (χ3n) is 8.21. The number of benzene rings is 2. The van der Waals surface area contributed by atoms with E-state index in [1.54, 1.807) is 13.0 Å². The SMILES string of the molecule is CCN(CCC#N)c1nc(OC)nc2c(F)c(-c3ccc(F)c4sc(N)c(C#N)c34)c(C(F)(F)F)cc12.FC1CC2CCCN2C1. The molecule has 8 nitrogen and oxygen atoms in total. The van der Waals surface area contributed by atoms with Crippen molar-refractivity contribution in [3.8, 4) is 29.3 Å². The van der Waals surface area contributed by atoms with Gasteiger partial charge in [0.1, 0.15) is 34.4 Å². The lowest BCUT2D eigenvalue weighted by Gasteiger charge is -2.24. The molecule has 0 amide bonds. The number of ether oxygens (including phenoxy) is 1. The number of fused-ring (bicyclic) bond motifs is 3. The van der Waals surface area contributed by atoms with E-state index < -0.39 is 40.6 Å². The first kappa shape index (κ1) is 33.0. The van der Waals surface area contributed by atoms with Gasteiger partial charge in [-0.2, -0.15) is 33.7 Å². The third-order valence-corrected chi connectivity index (χ3v) is 9.24. The maximum absolute atomic E-state index is 16.2. The van der Waals surface area contributed by atoms with E-state index in [1.807, 2.05) is 6.07 Å². The lowest BCUT2D eigenvalue weighted by Crippen LogP contribution is -2.25. The van der Waals surface area contributed by atoms with Crippen LogP contribution >= 0.6 is 11.3 Å². The topological polar surface area (TPSA) is 115 Å². The van der Waals surface area contributed by atoms with Crippen LogP contribution in [0.3, 0.4) is 0 Å². The summed E-state index contributed by atoms with van der Waals surface area (Å²) in [5, 5.41) is 18.0. The van der Waals surface area contributed by atoms with Gasteiger partial charge in [-0.25, -0.2) is 13.2 Å². The Hall–Kier alpha value is -4.34. The van der Waals surface area contributed by atoms with Crippen LogP contribution in [-0.2, 0) is 6.18 Å². The number of nitrogen functional groups attached to an aromatic ring is 1. The zero-order valence-electron chi connectivity index (χ0n) is 24.9. The van der Waals surface area contributed by atoms with Gasteiger partial charge in [0, 0.05) is 42.0 Å². The zero-order valence-corrected chi connectivity index (χ0v) is 25.7. The number of nitriles is 2. The molecule has 2 saturated heterocycles. The van der Waals surface area contributed by atoms with Crippen LogP contribution in [0.25, 0.3) is 32.1 Å². The van der Waals surface area contributed by atoms with Crippen LogP contribution in [0, 0.1) is 34.3 Å². The van der Waals surface area contributed by atoms with Gasteiger partial charge in [0.2, 0.25) is 0 Å². The van der Waals surface area contributed by atoms with Crippen molar-refractivity contribution in [2.75, 3.05) is 43.9 Å². The van der Waals surface area contributed by atoms with Gasteiger partial charge >= 0.3 is 12.2 Å². The Bertz CT molecular complexity index is 1850. The summed E-state index contributed by atoms with van der Waals surface area (Å²) in [4.78, 5) is 11.9. The molecule has 242 valence electrons. The molecule has 0 spiro atoms. The Balaban J connectivity index is 0.000000393. The first-order valence-corrected chi connectivity index (χ1v) is 15.3. The smallest absolute Gasteiger partial charge is 0.417 e. The van der Waals surface area contributed by atoms with E-state index in [-0.39, 0.29) is 62.9 Å². The first-order valence-electron chi connectivity index (χ1n) is 14.5. The van der Waals surface area contributed by atoms with Gasteiger partial charge in [0.25, 0.3) is 0 Å². The minimum atomic E-state index is -5.06. The van der Waals surface area contributed by atoms with Crippen molar-refractivity contribution in [1.29, 1.82) is 10.5 Å². The van der Waals surface area contributed by atoms with Crippen LogP contribution in [0.1, 0.15) is 43.7 Å². The first-order chi connectivity index (χ1) is 21.9. The van der Waals surface area contributed by atoms with Crippen LogP contribution in [0.5, 0.6) is 6.01 Å². The van der Waals surface area contributed by atoms with Crippen LogP contribution in [0.15, 0.2) is 18.2 Å². The van der Waals surface area contributed by atoms with Gasteiger partial charge in [-0.1, -0.05) is 6.07 Å². The molecule has 0 bridgehead atoms. The fraction of sp³-hybridized carbons (Fsp3) is 0.419. The van der Waals surface area contributed by atoms with Crippen molar-refractivity contribution >= 4 is 43.1 Å². The molecule has 2 fully saturated rings. The predicted molar refractivity (Wildman–Crippen MR) is 163 cm³/mol. The average Bonchev–Trinajstić information content (AvgIpc) is 3.70. The highest BCUT2D eigenvalue weighted by atomic mass is 32.1. The summed E-state index contributed by atoms with van der Waals surface area (Å²) in [6.45, 7) is 3.92. The van der Waals surface area contributed by atoms with Crippen molar-refractivity contribution in [3.05, 3.63) is 41.0 Å². The number of nitrogens with zero attached hydrogens (tertiary/aromatic N) is 6. The highest BCUT2D eigenvalue weighted by Crippen LogP contribution is 2.48. The van der Waals surface area contributed by atoms with E-state index in [1.165, 1.54) is 24.9 Å². The molecule has 0 radical (unpaired) electrons. The van der Waals surface area contributed by atoms with Crippen LogP contribution in [0.2, 0.25) is 0 Å². The minimum absolute atomic E-state index is 0.0401. The zero-order chi connectivity index (χ0) is 33.3. The molecule has 2 N–H and O–H groups in total. The number of aromatic nitrogens is 2. The van der Waals surface area contributed by atoms with Crippen molar-refractivity contribution in [3.63, 3.8) is 0 Å². The highest BCUT2D eigenvalue weighted by Gasteiger charge is 2.39. The largest absolute Gasteiger partial charge is 0.467 e. The van der Waals surface area contributed by atoms with Crippen LogP contribution < -0.4 is 15.4 Å². The second-order valence-electron chi connectivity index (χ2n) is 10.9. The summed E-state index contributed by atoms with van der Waals surface area (Å²) in [5.74, 6) is -2.21. The molecule has 4 heterocycles. The number of halogens is 6. The van der Waals surface area contributed by atoms with Gasteiger partial charge in [0.05, 0.1) is 35.4 Å². The Morgan fingerprint density at radius 2 is 1.98 bits per heavy atom. The van der Waals surface area contributed by atoms with Crippen LogP contribution in [0.4, 0.5) is 37.2 Å². The van der Waals surface area contributed by atoms with Gasteiger partial charge in [-0.15, -0.1) is 11.3 Å². The Kier molecular flexibility index (Phi) is 9.47. The quantitative estimate of drug-likeness (QED) is 0.216. The summed E-state index contributed by atoms with van der Waals surface area (Å²) < 4.78 is 91.5. The second-order valence-corrected chi connectivity index (χ2v) is 12.0. The van der Waals surface area contributed by atoms with Gasteiger partial charge in [-0.05, 0) is 50.4 Å². The normalized spacial score (nSPS) is 17.8. The monoisotopic (exact) mass is 661 g/mol. The molecular weight excluding hydrogens is 632 g/mol. The van der Waals surface area contributed by atoms with Crippen molar-refractivity contribution in [2.24, 2.45) is 0 Å². The summed E-state index contributed by atoms with van der Waals surface area (Å²) in [7, 11) is 1.22. The second kappa shape index (κ2) is 13.2. The summed E-state index contributed by atoms with van der Waals surface area (Å²) in [5.41, 5.74) is 2.46. The van der Waals surface area contributed by atoms with E-state index in [9.17, 15) is 27.2 Å². The number of anilines is 2. The number of rotatable bonds is 6. The number of methoxy groups -OCH3 is 1. The minimum Gasteiger partial charge on any atom is -0.467 e. The van der Waals surface area contributed by atoms with Crippen molar-refractivity contribution in [2.45, 2.75) is 51.0 Å². The molecule has 2 aliphatic heterocycles. The Morgan fingerprint density at radius 1 is 1.22 bits per heavy atom. The Labute approximate surface area is 264 Å². The fourth-order valence-electron chi connectivity index (χ4n) is 6.14. The maximum Gasteiger partial charge on any atom is 0.417 e. The van der Waals surface area contributed by atoms with Crippen molar-refractivity contribution < 1.29 is 31.1 Å². The van der Waals surface area contributed by atoms with E-state index in [0.717, 1.165) is 25.1 Å². The average molecular weight is 662 g/mol. The molecule has 2 aromatic carbocycles. The lowest BCUT2D eigenvalue weighted by molar-refractivity contribution is -0.137. The number of nitrogens with two attached hydrogens (primary N) is 1. The van der Waals surface area contributed by atoms with Gasteiger partial charge in [0.15, 0.2) is 5.82 Å². The highest BCUT2D eigenvalue weighted by molar-refractivity contribution is 7.23. The number of alkyl halides is 4. The molecule has 2 atom stereocenters. The number of hydrogen-bond acceptors (Lipinski definition) is 9. The van der Waals surface area contributed by atoms with Gasteiger partial charge < -0.3 is 15.4 Å². The molecule has 2 aliphatic rings. The molecule has 0 saturated carbocycles. The summed E-state index contributed by atoms with van der Waals surface area (Å²) >= 11 is 0.683. The number of hydrogen-bond donors (Lipinski definition) is 1.